The predicted octanol–water partition coefficient (Wildman–Crippen LogP) is 6.74. The molecule has 2 amide bonds. The third-order valence-electron chi connectivity index (χ3n) is 7.68. The minimum atomic E-state index is -0.721. The molecule has 5 rings (SSSR count). The van der Waals surface area contributed by atoms with Gasteiger partial charge < -0.3 is 19.7 Å². The molecule has 0 bridgehead atoms. The van der Waals surface area contributed by atoms with Crippen molar-refractivity contribution in [3.63, 3.8) is 0 Å². The van der Waals surface area contributed by atoms with Crippen LogP contribution in [0.25, 0.3) is 0 Å². The SMILES string of the molecule is O=C(NC1CCCCC1)[C@@H](Cc1ccccc1)N(Cc1c(Cl)cccc1Cl)C(=O)CCc1ccc2c(c1)OCO2. The van der Waals surface area contributed by atoms with Crippen LogP contribution >= 0.6 is 23.2 Å². The number of halogens is 2. The number of amides is 2. The van der Waals surface area contributed by atoms with E-state index in [0.717, 1.165) is 36.8 Å². The maximum Gasteiger partial charge on any atom is 0.243 e. The van der Waals surface area contributed by atoms with E-state index in [4.69, 9.17) is 32.7 Å². The third-order valence-corrected chi connectivity index (χ3v) is 8.39. The molecule has 0 spiro atoms. The molecular weight excluding hydrogens is 547 g/mol. The van der Waals surface area contributed by atoms with Crippen molar-refractivity contribution in [2.24, 2.45) is 0 Å². The number of rotatable bonds is 10. The van der Waals surface area contributed by atoms with Gasteiger partial charge in [0, 0.05) is 41.0 Å². The van der Waals surface area contributed by atoms with Crippen molar-refractivity contribution in [3.05, 3.63) is 93.5 Å². The van der Waals surface area contributed by atoms with Crippen LogP contribution in [0.1, 0.15) is 55.2 Å². The highest BCUT2D eigenvalue weighted by atomic mass is 35.5. The van der Waals surface area contributed by atoms with Gasteiger partial charge in [-0.3, -0.25) is 9.59 Å². The Balaban J connectivity index is 1.43. The van der Waals surface area contributed by atoms with Gasteiger partial charge in [-0.15, -0.1) is 0 Å². The van der Waals surface area contributed by atoms with Gasteiger partial charge in [-0.2, -0.15) is 0 Å². The van der Waals surface area contributed by atoms with E-state index in [9.17, 15) is 9.59 Å². The van der Waals surface area contributed by atoms with Crippen LogP contribution < -0.4 is 14.8 Å². The van der Waals surface area contributed by atoms with Gasteiger partial charge in [0.05, 0.1) is 0 Å². The van der Waals surface area contributed by atoms with Crippen LogP contribution in [0.15, 0.2) is 66.7 Å². The minimum Gasteiger partial charge on any atom is -0.454 e. The molecule has 1 saturated carbocycles. The fraction of sp³-hybridized carbons (Fsp3) is 0.375. The first-order chi connectivity index (χ1) is 19.5. The smallest absolute Gasteiger partial charge is 0.243 e. The van der Waals surface area contributed by atoms with Gasteiger partial charge in [0.2, 0.25) is 18.6 Å². The largest absolute Gasteiger partial charge is 0.454 e. The topological polar surface area (TPSA) is 67.9 Å². The van der Waals surface area contributed by atoms with Crippen molar-refractivity contribution in [1.29, 1.82) is 0 Å². The fourth-order valence-electron chi connectivity index (χ4n) is 5.44. The van der Waals surface area contributed by atoms with Gasteiger partial charge in [-0.05, 0) is 54.7 Å². The average Bonchev–Trinajstić information content (AvgIpc) is 3.44. The maximum absolute atomic E-state index is 14.0. The lowest BCUT2D eigenvalue weighted by molar-refractivity contribution is -0.141. The number of carbonyl (C=O) groups is 2. The Bertz CT molecular complexity index is 1310. The minimum absolute atomic E-state index is 0.119. The van der Waals surface area contributed by atoms with Gasteiger partial charge in [0.1, 0.15) is 6.04 Å². The zero-order valence-electron chi connectivity index (χ0n) is 22.4. The Labute approximate surface area is 245 Å². The Morgan fingerprint density at radius 2 is 1.60 bits per heavy atom. The second-order valence-electron chi connectivity index (χ2n) is 10.5. The van der Waals surface area contributed by atoms with Crippen molar-refractivity contribution in [1.82, 2.24) is 10.2 Å². The molecule has 1 heterocycles. The van der Waals surface area contributed by atoms with Crippen LogP contribution in [0.4, 0.5) is 0 Å². The molecule has 3 aromatic carbocycles. The van der Waals surface area contributed by atoms with E-state index in [1.165, 1.54) is 6.42 Å². The van der Waals surface area contributed by atoms with Crippen LogP contribution in [0, 0.1) is 0 Å². The molecular formula is C32H34Cl2N2O4. The van der Waals surface area contributed by atoms with E-state index in [1.54, 1.807) is 23.1 Å². The molecule has 40 heavy (non-hydrogen) atoms. The summed E-state index contributed by atoms with van der Waals surface area (Å²) < 4.78 is 10.9. The average molecular weight is 582 g/mol. The summed E-state index contributed by atoms with van der Waals surface area (Å²) in [6, 6.07) is 20.2. The second-order valence-corrected chi connectivity index (χ2v) is 11.3. The summed E-state index contributed by atoms with van der Waals surface area (Å²) in [6.45, 7) is 0.329. The number of ether oxygens (including phenoxy) is 2. The maximum atomic E-state index is 14.0. The summed E-state index contributed by atoms with van der Waals surface area (Å²) in [5.41, 5.74) is 2.57. The molecule has 1 atom stereocenters. The van der Waals surface area contributed by atoms with Gasteiger partial charge in [0.25, 0.3) is 0 Å². The standard InChI is InChI=1S/C32H34Cl2N2O4/c33-26-12-7-13-27(34)25(26)20-36(31(37)17-15-23-14-16-29-30(19-23)40-21-39-29)28(18-22-8-3-1-4-9-22)32(38)35-24-10-5-2-6-11-24/h1,3-4,7-9,12-14,16,19,24,28H,2,5-6,10-11,15,17-18,20-21H2,(H,35,38)/t28-/m1/s1. The Morgan fingerprint density at radius 1 is 0.875 bits per heavy atom. The second kappa shape index (κ2) is 13.4. The summed E-state index contributed by atoms with van der Waals surface area (Å²) in [7, 11) is 0. The first-order valence-corrected chi connectivity index (χ1v) is 14.7. The Morgan fingerprint density at radius 3 is 2.35 bits per heavy atom. The molecule has 0 unspecified atom stereocenters. The molecule has 1 fully saturated rings. The number of carbonyl (C=O) groups excluding carboxylic acids is 2. The highest BCUT2D eigenvalue weighted by Crippen LogP contribution is 2.33. The van der Waals surface area contributed by atoms with E-state index in [-0.39, 0.29) is 37.6 Å². The quantitative estimate of drug-likeness (QED) is 0.288. The molecule has 0 radical (unpaired) electrons. The Kier molecular flexibility index (Phi) is 9.50. The molecule has 1 aliphatic carbocycles. The monoisotopic (exact) mass is 580 g/mol. The van der Waals surface area contributed by atoms with Crippen LogP contribution in [-0.2, 0) is 29.0 Å². The molecule has 0 saturated heterocycles. The summed E-state index contributed by atoms with van der Waals surface area (Å²) in [6.07, 6.45) is 6.39. The van der Waals surface area contributed by atoms with E-state index in [2.05, 4.69) is 5.32 Å². The number of nitrogens with zero attached hydrogens (tertiary/aromatic N) is 1. The van der Waals surface area contributed by atoms with Crippen LogP contribution in [0.3, 0.4) is 0 Å². The molecule has 210 valence electrons. The van der Waals surface area contributed by atoms with Crippen molar-refractivity contribution in [2.45, 2.75) is 70.0 Å². The third kappa shape index (κ3) is 7.10. The van der Waals surface area contributed by atoms with Gasteiger partial charge in [-0.25, -0.2) is 0 Å². The number of benzene rings is 3. The number of fused-ring (bicyclic) bond motifs is 1. The first-order valence-electron chi connectivity index (χ1n) is 13.9. The van der Waals surface area contributed by atoms with Crippen molar-refractivity contribution < 1.29 is 19.1 Å². The van der Waals surface area contributed by atoms with Crippen LogP contribution in [0.5, 0.6) is 11.5 Å². The van der Waals surface area contributed by atoms with E-state index in [1.807, 2.05) is 48.5 Å². The zero-order valence-corrected chi connectivity index (χ0v) is 23.9. The predicted molar refractivity (Wildman–Crippen MR) is 157 cm³/mol. The molecule has 0 aromatic heterocycles. The highest BCUT2D eigenvalue weighted by Gasteiger charge is 2.32. The van der Waals surface area contributed by atoms with Crippen LogP contribution in [0.2, 0.25) is 10.0 Å². The lowest BCUT2D eigenvalue weighted by Gasteiger charge is -2.34. The normalized spacial score (nSPS) is 15.4. The molecule has 3 aromatic rings. The fourth-order valence-corrected chi connectivity index (χ4v) is 5.96. The van der Waals surface area contributed by atoms with Crippen molar-refractivity contribution in [3.8, 4) is 11.5 Å². The summed E-state index contributed by atoms with van der Waals surface area (Å²) in [4.78, 5) is 29.6. The number of hydrogen-bond donors (Lipinski definition) is 1. The molecule has 8 heteroatoms. The van der Waals surface area contributed by atoms with Gasteiger partial charge in [0.15, 0.2) is 11.5 Å². The number of nitrogens with one attached hydrogen (secondary N) is 1. The number of hydrogen-bond acceptors (Lipinski definition) is 4. The first kappa shape index (κ1) is 28.3. The van der Waals surface area contributed by atoms with Crippen molar-refractivity contribution >= 4 is 35.0 Å². The number of aryl methyl sites for hydroxylation is 1. The molecule has 1 aliphatic heterocycles. The van der Waals surface area contributed by atoms with Crippen LogP contribution in [-0.4, -0.2) is 35.6 Å². The summed E-state index contributed by atoms with van der Waals surface area (Å²) in [5, 5.41) is 4.19. The molecule has 6 nitrogen and oxygen atoms in total. The van der Waals surface area contributed by atoms with E-state index < -0.39 is 6.04 Å². The summed E-state index contributed by atoms with van der Waals surface area (Å²) >= 11 is 13.1. The van der Waals surface area contributed by atoms with Gasteiger partial charge >= 0.3 is 0 Å². The molecule has 1 N–H and O–H groups in total. The molecule has 2 aliphatic rings. The Hall–Kier alpha value is -3.22. The van der Waals surface area contributed by atoms with Crippen molar-refractivity contribution in [2.75, 3.05) is 6.79 Å². The summed E-state index contributed by atoms with van der Waals surface area (Å²) in [5.74, 6) is 1.09. The lowest BCUT2D eigenvalue weighted by Crippen LogP contribution is -2.53. The van der Waals surface area contributed by atoms with E-state index in [0.29, 0.717) is 39.9 Å². The lowest BCUT2D eigenvalue weighted by atomic mass is 9.94. The highest BCUT2D eigenvalue weighted by molar-refractivity contribution is 6.36. The van der Waals surface area contributed by atoms with Gasteiger partial charge in [-0.1, -0.05) is 84.9 Å². The zero-order chi connectivity index (χ0) is 27.9. The van der Waals surface area contributed by atoms with E-state index >= 15 is 0 Å².